The van der Waals surface area contributed by atoms with E-state index in [2.05, 4.69) is 20.5 Å². The van der Waals surface area contributed by atoms with E-state index in [-0.39, 0.29) is 18.2 Å². The molecule has 3 rings (SSSR count). The van der Waals surface area contributed by atoms with Gasteiger partial charge in [0.25, 0.3) is 0 Å². The number of nitrogens with zero attached hydrogens (tertiary/aromatic N) is 3. The molecule has 1 aliphatic heterocycles. The summed E-state index contributed by atoms with van der Waals surface area (Å²) in [5, 5.41) is 15.3. The lowest BCUT2D eigenvalue weighted by Crippen LogP contribution is -2.48. The van der Waals surface area contributed by atoms with Crippen molar-refractivity contribution in [2.75, 3.05) is 20.1 Å². The average molecular weight is 415 g/mol. The third-order valence-electron chi connectivity index (χ3n) is 5.17. The zero-order valence-corrected chi connectivity index (χ0v) is 16.8. The molecular weight excluding hydrogens is 391 g/mol. The topological polar surface area (TPSA) is 63.5 Å². The van der Waals surface area contributed by atoms with Gasteiger partial charge in [0.15, 0.2) is 17.6 Å². The molecule has 8 heteroatoms. The second-order valence-corrected chi connectivity index (χ2v) is 7.29. The normalized spacial score (nSPS) is 15.6. The molecule has 158 valence electrons. The quantitative estimate of drug-likeness (QED) is 0.581. The van der Waals surface area contributed by atoms with E-state index in [1.165, 1.54) is 12.1 Å². The van der Waals surface area contributed by atoms with Gasteiger partial charge in [0, 0.05) is 44.8 Å². The predicted octanol–water partition coefficient (Wildman–Crippen LogP) is 3.31. The molecule has 0 amide bonds. The highest BCUT2D eigenvalue weighted by Gasteiger charge is 2.20. The lowest BCUT2D eigenvalue weighted by molar-refractivity contribution is 0.198. The smallest absolute Gasteiger partial charge is 0.191 e. The van der Waals surface area contributed by atoms with E-state index < -0.39 is 17.5 Å². The van der Waals surface area contributed by atoms with Crippen LogP contribution in [-0.4, -0.2) is 37.0 Å². The van der Waals surface area contributed by atoms with E-state index in [1.807, 2.05) is 6.07 Å². The maximum atomic E-state index is 14.0. The predicted molar refractivity (Wildman–Crippen MR) is 109 cm³/mol. The van der Waals surface area contributed by atoms with E-state index in [1.54, 1.807) is 25.2 Å². The van der Waals surface area contributed by atoms with Crippen LogP contribution in [0, 0.1) is 28.8 Å². The van der Waals surface area contributed by atoms with E-state index in [0.29, 0.717) is 18.1 Å². The molecule has 0 spiro atoms. The molecule has 0 atom stereocenters. The molecule has 2 N–H and O–H groups in total. The number of rotatable bonds is 5. The van der Waals surface area contributed by atoms with Gasteiger partial charge in [-0.2, -0.15) is 5.26 Å². The SMILES string of the molecule is CN=C(NCc1ccc(C#N)cc1F)NC1CCN(Cc2ccc(F)c(F)c2)CC1. The second-order valence-electron chi connectivity index (χ2n) is 7.29. The van der Waals surface area contributed by atoms with Gasteiger partial charge in [0.1, 0.15) is 5.82 Å². The van der Waals surface area contributed by atoms with Gasteiger partial charge in [-0.05, 0) is 42.7 Å². The van der Waals surface area contributed by atoms with Crippen LogP contribution in [0.5, 0.6) is 0 Å². The van der Waals surface area contributed by atoms with E-state index in [9.17, 15) is 13.2 Å². The maximum Gasteiger partial charge on any atom is 0.191 e. The number of benzene rings is 2. The molecule has 2 aromatic carbocycles. The van der Waals surface area contributed by atoms with Crippen LogP contribution in [0.3, 0.4) is 0 Å². The number of hydrogen-bond donors (Lipinski definition) is 2. The van der Waals surface area contributed by atoms with Crippen LogP contribution < -0.4 is 10.6 Å². The molecule has 0 saturated carbocycles. The number of halogens is 3. The van der Waals surface area contributed by atoms with Gasteiger partial charge in [-0.3, -0.25) is 9.89 Å². The minimum atomic E-state index is -0.832. The Morgan fingerprint density at radius 3 is 2.50 bits per heavy atom. The molecule has 1 fully saturated rings. The fourth-order valence-electron chi connectivity index (χ4n) is 3.46. The molecule has 1 heterocycles. The van der Waals surface area contributed by atoms with E-state index in [4.69, 9.17) is 5.26 Å². The van der Waals surface area contributed by atoms with Crippen molar-refractivity contribution < 1.29 is 13.2 Å². The summed E-state index contributed by atoms with van der Waals surface area (Å²) >= 11 is 0. The van der Waals surface area contributed by atoms with Crippen LogP contribution in [0.1, 0.15) is 29.5 Å². The number of nitriles is 1. The molecule has 0 unspecified atom stereocenters. The Morgan fingerprint density at radius 1 is 1.10 bits per heavy atom. The summed E-state index contributed by atoms with van der Waals surface area (Å²) in [7, 11) is 1.66. The number of aliphatic imine (C=N–C) groups is 1. The highest BCUT2D eigenvalue weighted by molar-refractivity contribution is 5.80. The minimum Gasteiger partial charge on any atom is -0.354 e. The number of piperidine rings is 1. The standard InChI is InChI=1S/C22H24F3N5/c1-27-22(28-13-17-4-2-15(12-26)10-20(17)24)29-18-6-8-30(9-7-18)14-16-3-5-19(23)21(25)11-16/h2-5,10-11,18H,6-9,13-14H2,1H3,(H2,27,28,29). The molecule has 1 aliphatic rings. The summed E-state index contributed by atoms with van der Waals surface area (Å²) < 4.78 is 40.5. The fraction of sp³-hybridized carbons (Fsp3) is 0.364. The van der Waals surface area contributed by atoms with Gasteiger partial charge in [-0.1, -0.05) is 12.1 Å². The summed E-state index contributed by atoms with van der Waals surface area (Å²) in [6, 6.07) is 10.5. The van der Waals surface area contributed by atoms with Crippen molar-refractivity contribution in [3.05, 3.63) is 70.5 Å². The maximum absolute atomic E-state index is 14.0. The van der Waals surface area contributed by atoms with Crippen molar-refractivity contribution in [2.24, 2.45) is 4.99 Å². The Morgan fingerprint density at radius 2 is 1.87 bits per heavy atom. The molecule has 0 aliphatic carbocycles. The summed E-state index contributed by atoms with van der Waals surface area (Å²) in [5.41, 5.74) is 1.49. The fourth-order valence-corrected chi connectivity index (χ4v) is 3.46. The lowest BCUT2D eigenvalue weighted by Gasteiger charge is -2.33. The first kappa shape index (κ1) is 21.7. The summed E-state index contributed by atoms with van der Waals surface area (Å²) in [4.78, 5) is 6.40. The summed E-state index contributed by atoms with van der Waals surface area (Å²) in [6.07, 6.45) is 1.74. The highest BCUT2D eigenvalue weighted by Crippen LogP contribution is 2.16. The Labute approximate surface area is 174 Å². The molecular formula is C22H24F3N5. The molecule has 1 saturated heterocycles. The third kappa shape index (κ3) is 5.74. The van der Waals surface area contributed by atoms with Gasteiger partial charge in [-0.15, -0.1) is 0 Å². The second kappa shape index (κ2) is 10.1. The zero-order chi connectivity index (χ0) is 21.5. The largest absolute Gasteiger partial charge is 0.354 e. The van der Waals surface area contributed by atoms with Crippen LogP contribution in [0.4, 0.5) is 13.2 Å². The number of hydrogen-bond acceptors (Lipinski definition) is 3. The molecule has 0 bridgehead atoms. The van der Waals surface area contributed by atoms with Crippen LogP contribution >= 0.6 is 0 Å². The highest BCUT2D eigenvalue weighted by atomic mass is 19.2. The molecule has 30 heavy (non-hydrogen) atoms. The van der Waals surface area contributed by atoms with Crippen molar-refractivity contribution in [1.29, 1.82) is 5.26 Å². The van der Waals surface area contributed by atoms with Crippen LogP contribution in [0.25, 0.3) is 0 Å². The zero-order valence-electron chi connectivity index (χ0n) is 16.8. The van der Waals surface area contributed by atoms with Crippen molar-refractivity contribution >= 4 is 5.96 Å². The monoisotopic (exact) mass is 415 g/mol. The lowest BCUT2D eigenvalue weighted by atomic mass is 10.0. The Bertz CT molecular complexity index is 946. The van der Waals surface area contributed by atoms with Crippen LogP contribution in [0.15, 0.2) is 41.4 Å². The number of guanidine groups is 1. The summed E-state index contributed by atoms with van der Waals surface area (Å²) in [6.45, 7) is 2.47. The molecule has 2 aromatic rings. The first-order chi connectivity index (χ1) is 14.5. The first-order valence-corrected chi connectivity index (χ1v) is 9.80. The van der Waals surface area contributed by atoms with Gasteiger partial charge >= 0.3 is 0 Å². The van der Waals surface area contributed by atoms with Gasteiger partial charge in [0.05, 0.1) is 11.6 Å². The van der Waals surface area contributed by atoms with Gasteiger partial charge < -0.3 is 10.6 Å². The van der Waals surface area contributed by atoms with Gasteiger partial charge in [0.2, 0.25) is 0 Å². The number of nitrogens with one attached hydrogen (secondary N) is 2. The first-order valence-electron chi connectivity index (χ1n) is 9.80. The van der Waals surface area contributed by atoms with E-state index in [0.717, 1.165) is 37.6 Å². The van der Waals surface area contributed by atoms with Crippen LogP contribution in [-0.2, 0) is 13.1 Å². The van der Waals surface area contributed by atoms with Gasteiger partial charge in [-0.25, -0.2) is 13.2 Å². The summed E-state index contributed by atoms with van der Waals surface area (Å²) in [5.74, 6) is -1.50. The average Bonchev–Trinajstić information content (AvgIpc) is 2.75. The molecule has 0 radical (unpaired) electrons. The van der Waals surface area contributed by atoms with Crippen LogP contribution in [0.2, 0.25) is 0 Å². The van der Waals surface area contributed by atoms with E-state index >= 15 is 0 Å². The number of likely N-dealkylation sites (tertiary alicyclic amines) is 1. The minimum absolute atomic E-state index is 0.211. The molecule has 5 nitrogen and oxygen atoms in total. The van der Waals surface area contributed by atoms with Crippen molar-refractivity contribution in [1.82, 2.24) is 15.5 Å². The Balaban J connectivity index is 1.46. The molecule has 0 aromatic heterocycles. The van der Waals surface area contributed by atoms with Crippen molar-refractivity contribution in [3.8, 4) is 6.07 Å². The Hall–Kier alpha value is -3.05. The van der Waals surface area contributed by atoms with Crippen molar-refractivity contribution in [2.45, 2.75) is 32.0 Å². The third-order valence-corrected chi connectivity index (χ3v) is 5.17. The Kier molecular flexibility index (Phi) is 7.31. The van der Waals surface area contributed by atoms with Crippen molar-refractivity contribution in [3.63, 3.8) is 0 Å².